The predicted molar refractivity (Wildman–Crippen MR) is 84.3 cm³/mol. The van der Waals surface area contributed by atoms with Gasteiger partial charge >= 0.3 is 0 Å². The molecule has 0 aliphatic rings. The molecular weight excluding hydrogens is 284 g/mol. The summed E-state index contributed by atoms with van der Waals surface area (Å²) in [5.74, 6) is 0.286. The smallest absolute Gasteiger partial charge is 0.266 e. The summed E-state index contributed by atoms with van der Waals surface area (Å²) >= 11 is 1.50. The highest BCUT2D eigenvalue weighted by Crippen LogP contribution is 2.20. The zero-order valence-electron chi connectivity index (χ0n) is 11.7. The van der Waals surface area contributed by atoms with E-state index in [1.165, 1.54) is 11.3 Å². The number of carbonyl (C=O) groups excluding carboxylic acids is 1. The number of carbonyl (C=O) groups is 1. The van der Waals surface area contributed by atoms with E-state index in [2.05, 4.69) is 5.32 Å². The van der Waals surface area contributed by atoms with Crippen molar-refractivity contribution in [1.82, 2.24) is 0 Å². The van der Waals surface area contributed by atoms with Gasteiger partial charge in [-0.15, -0.1) is 11.3 Å². The SMILES string of the molecule is COc1ccc(NC(=O)/C(C#N)=C\c2sccc2C)cc1. The second kappa shape index (κ2) is 6.73. The summed E-state index contributed by atoms with van der Waals surface area (Å²) in [6, 6.07) is 10.8. The van der Waals surface area contributed by atoms with Gasteiger partial charge in [0, 0.05) is 10.6 Å². The number of thiophene rings is 1. The Morgan fingerprint density at radius 1 is 1.33 bits per heavy atom. The Bertz CT molecular complexity index is 709. The lowest BCUT2D eigenvalue weighted by Crippen LogP contribution is -2.13. The minimum Gasteiger partial charge on any atom is -0.497 e. The number of ether oxygens (including phenoxy) is 1. The van der Waals surface area contributed by atoms with Gasteiger partial charge in [0.05, 0.1) is 7.11 Å². The molecule has 0 fully saturated rings. The number of hydrogen-bond donors (Lipinski definition) is 1. The number of hydrogen-bond acceptors (Lipinski definition) is 4. The molecule has 0 aliphatic heterocycles. The molecule has 0 radical (unpaired) electrons. The zero-order chi connectivity index (χ0) is 15.2. The topological polar surface area (TPSA) is 62.1 Å². The van der Waals surface area contributed by atoms with Crippen molar-refractivity contribution < 1.29 is 9.53 Å². The maximum atomic E-state index is 12.1. The van der Waals surface area contributed by atoms with Gasteiger partial charge in [-0.05, 0) is 54.3 Å². The van der Waals surface area contributed by atoms with Crippen molar-refractivity contribution in [2.24, 2.45) is 0 Å². The standard InChI is InChI=1S/C16H14N2O2S/c1-11-7-8-21-15(11)9-12(10-17)16(19)18-13-3-5-14(20-2)6-4-13/h3-9H,1-2H3,(H,18,19)/b12-9-. The van der Waals surface area contributed by atoms with Crippen LogP contribution in [0.4, 0.5) is 5.69 Å². The lowest BCUT2D eigenvalue weighted by atomic mass is 10.2. The molecule has 2 aromatic rings. The summed E-state index contributed by atoms with van der Waals surface area (Å²) in [7, 11) is 1.58. The van der Waals surface area contributed by atoms with Crippen LogP contribution >= 0.6 is 11.3 Å². The fourth-order valence-electron chi connectivity index (χ4n) is 1.68. The van der Waals surface area contributed by atoms with E-state index in [0.29, 0.717) is 11.4 Å². The molecule has 0 bridgehead atoms. The van der Waals surface area contributed by atoms with E-state index in [-0.39, 0.29) is 5.57 Å². The van der Waals surface area contributed by atoms with E-state index < -0.39 is 5.91 Å². The minimum absolute atomic E-state index is 0.0800. The molecule has 0 spiro atoms. The molecule has 5 heteroatoms. The van der Waals surface area contributed by atoms with Crippen LogP contribution < -0.4 is 10.1 Å². The predicted octanol–water partition coefficient (Wildman–Crippen LogP) is 3.61. The Morgan fingerprint density at radius 3 is 2.57 bits per heavy atom. The largest absolute Gasteiger partial charge is 0.497 e. The highest BCUT2D eigenvalue weighted by Gasteiger charge is 2.10. The third-order valence-corrected chi connectivity index (χ3v) is 3.86. The second-order valence-electron chi connectivity index (χ2n) is 4.32. The van der Waals surface area contributed by atoms with Crippen molar-refractivity contribution in [3.05, 3.63) is 51.7 Å². The molecule has 1 amide bonds. The summed E-state index contributed by atoms with van der Waals surface area (Å²) in [4.78, 5) is 13.0. The monoisotopic (exact) mass is 298 g/mol. The third kappa shape index (κ3) is 3.71. The fourth-order valence-corrected chi connectivity index (χ4v) is 2.54. The number of aryl methyl sites for hydroxylation is 1. The van der Waals surface area contributed by atoms with E-state index in [1.807, 2.05) is 24.4 Å². The molecule has 2 rings (SSSR count). The quantitative estimate of drug-likeness (QED) is 0.693. The van der Waals surface area contributed by atoms with Gasteiger partial charge in [0.15, 0.2) is 0 Å². The Labute approximate surface area is 127 Å². The van der Waals surface area contributed by atoms with Crippen LogP contribution in [0.25, 0.3) is 6.08 Å². The molecule has 1 aromatic carbocycles. The van der Waals surface area contributed by atoms with Gasteiger partial charge < -0.3 is 10.1 Å². The summed E-state index contributed by atoms with van der Waals surface area (Å²) in [6.07, 6.45) is 1.61. The Kier molecular flexibility index (Phi) is 4.75. The maximum absolute atomic E-state index is 12.1. The number of nitriles is 1. The average molecular weight is 298 g/mol. The highest BCUT2D eigenvalue weighted by atomic mass is 32.1. The molecule has 0 saturated carbocycles. The molecule has 4 nitrogen and oxygen atoms in total. The average Bonchev–Trinajstić information content (AvgIpc) is 2.90. The summed E-state index contributed by atoms with van der Waals surface area (Å²) < 4.78 is 5.05. The maximum Gasteiger partial charge on any atom is 0.266 e. The Balaban J connectivity index is 2.15. The van der Waals surface area contributed by atoms with Crippen LogP contribution in [-0.4, -0.2) is 13.0 Å². The normalized spacial score (nSPS) is 10.8. The first-order chi connectivity index (χ1) is 10.1. The van der Waals surface area contributed by atoms with Crippen LogP contribution in [0.3, 0.4) is 0 Å². The van der Waals surface area contributed by atoms with Crippen LogP contribution in [-0.2, 0) is 4.79 Å². The molecule has 0 aliphatic carbocycles. The van der Waals surface area contributed by atoms with Crippen LogP contribution in [0.15, 0.2) is 41.3 Å². The van der Waals surface area contributed by atoms with Gasteiger partial charge in [-0.3, -0.25) is 4.79 Å². The van der Waals surface area contributed by atoms with Crippen molar-refractivity contribution in [1.29, 1.82) is 5.26 Å². The van der Waals surface area contributed by atoms with Crippen molar-refractivity contribution >= 4 is 29.0 Å². The van der Waals surface area contributed by atoms with Gasteiger partial charge in [-0.25, -0.2) is 0 Å². The van der Waals surface area contributed by atoms with Gasteiger partial charge in [0.25, 0.3) is 5.91 Å². The first kappa shape index (κ1) is 14.8. The molecule has 21 heavy (non-hydrogen) atoms. The van der Waals surface area contributed by atoms with Crippen LogP contribution in [0, 0.1) is 18.3 Å². The first-order valence-electron chi connectivity index (χ1n) is 6.25. The third-order valence-electron chi connectivity index (χ3n) is 2.89. The van der Waals surface area contributed by atoms with Gasteiger partial charge in [-0.1, -0.05) is 0 Å². The number of nitrogens with one attached hydrogen (secondary N) is 1. The molecule has 0 unspecified atom stereocenters. The minimum atomic E-state index is -0.421. The summed E-state index contributed by atoms with van der Waals surface area (Å²) in [5, 5.41) is 13.8. The van der Waals surface area contributed by atoms with Gasteiger partial charge in [0.1, 0.15) is 17.4 Å². The van der Waals surface area contributed by atoms with E-state index in [1.54, 1.807) is 37.5 Å². The van der Waals surface area contributed by atoms with Crippen LogP contribution in [0.2, 0.25) is 0 Å². The van der Waals surface area contributed by atoms with Crippen LogP contribution in [0.1, 0.15) is 10.4 Å². The van der Waals surface area contributed by atoms with Crippen LogP contribution in [0.5, 0.6) is 5.75 Å². The number of anilines is 1. The van der Waals surface area contributed by atoms with E-state index in [0.717, 1.165) is 10.4 Å². The highest BCUT2D eigenvalue weighted by molar-refractivity contribution is 7.11. The number of methoxy groups -OCH3 is 1. The lowest BCUT2D eigenvalue weighted by molar-refractivity contribution is -0.112. The summed E-state index contributed by atoms with van der Waals surface area (Å²) in [5.41, 5.74) is 1.74. The molecule has 1 heterocycles. The van der Waals surface area contributed by atoms with E-state index in [9.17, 15) is 4.79 Å². The number of benzene rings is 1. The van der Waals surface area contributed by atoms with Crippen molar-refractivity contribution in [3.63, 3.8) is 0 Å². The first-order valence-corrected chi connectivity index (χ1v) is 7.13. The molecule has 1 N–H and O–H groups in total. The summed E-state index contributed by atoms with van der Waals surface area (Å²) in [6.45, 7) is 1.94. The molecular formula is C16H14N2O2S. The van der Waals surface area contributed by atoms with Crippen molar-refractivity contribution in [2.75, 3.05) is 12.4 Å². The molecule has 106 valence electrons. The second-order valence-corrected chi connectivity index (χ2v) is 5.27. The number of nitrogens with zero attached hydrogens (tertiary/aromatic N) is 1. The molecule has 1 aromatic heterocycles. The van der Waals surface area contributed by atoms with Gasteiger partial charge in [-0.2, -0.15) is 5.26 Å². The van der Waals surface area contributed by atoms with Crippen molar-refractivity contribution in [2.45, 2.75) is 6.92 Å². The lowest BCUT2D eigenvalue weighted by Gasteiger charge is -2.05. The van der Waals surface area contributed by atoms with E-state index in [4.69, 9.17) is 10.00 Å². The zero-order valence-corrected chi connectivity index (χ0v) is 12.5. The number of amides is 1. The van der Waals surface area contributed by atoms with Gasteiger partial charge in [0.2, 0.25) is 0 Å². The van der Waals surface area contributed by atoms with Crippen molar-refractivity contribution in [3.8, 4) is 11.8 Å². The fraction of sp³-hybridized carbons (Fsp3) is 0.125. The molecule has 0 atom stereocenters. The Morgan fingerprint density at radius 2 is 2.05 bits per heavy atom. The van der Waals surface area contributed by atoms with E-state index >= 15 is 0 Å². The Hall–Kier alpha value is -2.58. The number of rotatable bonds is 4. The molecule has 0 saturated heterocycles.